The molecule has 3 rings (SSSR count). The molecular weight excluding hydrogens is 380 g/mol. The van der Waals surface area contributed by atoms with E-state index in [0.717, 1.165) is 20.6 Å². The zero-order valence-electron chi connectivity index (χ0n) is 11.9. The molecule has 0 unspecified atom stereocenters. The second-order valence-corrected chi connectivity index (χ2v) is 6.42. The predicted molar refractivity (Wildman–Crippen MR) is 90.9 cm³/mol. The molecule has 0 bridgehead atoms. The van der Waals surface area contributed by atoms with Crippen molar-refractivity contribution < 1.29 is 4.39 Å². The van der Waals surface area contributed by atoms with Crippen LogP contribution in [0.4, 0.5) is 10.2 Å². The lowest BCUT2D eigenvalue weighted by atomic mass is 10.0. The molecule has 1 fully saturated rings. The molecule has 1 aliphatic carbocycles. The zero-order valence-corrected chi connectivity index (χ0v) is 14.0. The van der Waals surface area contributed by atoms with Gasteiger partial charge in [0.25, 0.3) is 0 Å². The zero-order chi connectivity index (χ0) is 14.8. The Balaban J connectivity index is 2.10. The largest absolute Gasteiger partial charge is 0.372 e. The van der Waals surface area contributed by atoms with Gasteiger partial charge in [0.1, 0.15) is 11.6 Å². The molecule has 1 aromatic carbocycles. The van der Waals surface area contributed by atoms with Crippen molar-refractivity contribution in [1.29, 1.82) is 0 Å². The molecule has 0 aliphatic heterocycles. The van der Waals surface area contributed by atoms with Gasteiger partial charge in [0.05, 0.1) is 9.26 Å². The van der Waals surface area contributed by atoms with E-state index < -0.39 is 0 Å². The van der Waals surface area contributed by atoms with E-state index in [2.05, 4.69) is 32.9 Å². The van der Waals surface area contributed by atoms with Crippen LogP contribution in [0.1, 0.15) is 37.3 Å². The maximum absolute atomic E-state index is 13.4. The molecule has 0 radical (unpaired) electrons. The molecule has 0 amide bonds. The van der Waals surface area contributed by atoms with E-state index in [1.54, 1.807) is 6.07 Å². The van der Waals surface area contributed by atoms with Crippen molar-refractivity contribution in [2.24, 2.45) is 0 Å². The van der Waals surface area contributed by atoms with Crippen LogP contribution in [-0.2, 0) is 0 Å². The average Bonchev–Trinajstić information content (AvgIpc) is 3.01. The topological polar surface area (TPSA) is 37.8 Å². The van der Waals surface area contributed by atoms with E-state index in [0.29, 0.717) is 11.7 Å². The molecule has 1 saturated carbocycles. The van der Waals surface area contributed by atoms with E-state index in [1.807, 2.05) is 13.1 Å². The lowest BCUT2D eigenvalue weighted by Crippen LogP contribution is -2.08. The summed E-state index contributed by atoms with van der Waals surface area (Å²) in [4.78, 5) is 9.29. The molecule has 1 aliphatic rings. The van der Waals surface area contributed by atoms with Crippen molar-refractivity contribution in [1.82, 2.24) is 9.97 Å². The first kappa shape index (κ1) is 14.7. The SMILES string of the molecule is CNc1nc(-c2cccc(F)c2)nc(C2CCCC2)c1I. The molecule has 0 saturated heterocycles. The van der Waals surface area contributed by atoms with Crippen LogP contribution in [0.3, 0.4) is 0 Å². The van der Waals surface area contributed by atoms with Crippen LogP contribution >= 0.6 is 22.6 Å². The highest BCUT2D eigenvalue weighted by Gasteiger charge is 2.24. The molecule has 1 heterocycles. The summed E-state index contributed by atoms with van der Waals surface area (Å²) in [5, 5.41) is 3.13. The third-order valence-electron chi connectivity index (χ3n) is 3.94. The van der Waals surface area contributed by atoms with E-state index in [4.69, 9.17) is 4.98 Å². The summed E-state index contributed by atoms with van der Waals surface area (Å²) in [7, 11) is 1.86. The average molecular weight is 397 g/mol. The predicted octanol–water partition coefficient (Wildman–Crippen LogP) is 4.59. The highest BCUT2D eigenvalue weighted by Crippen LogP contribution is 2.37. The molecule has 0 atom stereocenters. The summed E-state index contributed by atoms with van der Waals surface area (Å²) < 4.78 is 14.5. The first-order chi connectivity index (χ1) is 10.2. The van der Waals surface area contributed by atoms with E-state index in [9.17, 15) is 4.39 Å². The van der Waals surface area contributed by atoms with Crippen molar-refractivity contribution in [3.8, 4) is 11.4 Å². The van der Waals surface area contributed by atoms with Gasteiger partial charge in [-0.05, 0) is 47.6 Å². The Morgan fingerprint density at radius 2 is 2.00 bits per heavy atom. The fraction of sp³-hybridized carbons (Fsp3) is 0.375. The van der Waals surface area contributed by atoms with Crippen molar-refractivity contribution in [2.45, 2.75) is 31.6 Å². The van der Waals surface area contributed by atoms with Gasteiger partial charge in [-0.15, -0.1) is 0 Å². The number of nitrogens with zero attached hydrogens (tertiary/aromatic N) is 2. The van der Waals surface area contributed by atoms with Crippen molar-refractivity contribution in [2.75, 3.05) is 12.4 Å². The number of benzene rings is 1. The lowest BCUT2D eigenvalue weighted by Gasteiger charge is -2.15. The number of rotatable bonds is 3. The summed E-state index contributed by atoms with van der Waals surface area (Å²) in [6.45, 7) is 0. The molecule has 1 aromatic heterocycles. The number of halogens is 2. The van der Waals surface area contributed by atoms with Gasteiger partial charge < -0.3 is 5.32 Å². The van der Waals surface area contributed by atoms with E-state index >= 15 is 0 Å². The normalized spacial score (nSPS) is 15.4. The van der Waals surface area contributed by atoms with Gasteiger partial charge in [-0.2, -0.15) is 0 Å². The maximum Gasteiger partial charge on any atom is 0.161 e. The van der Waals surface area contributed by atoms with E-state index in [1.165, 1.54) is 37.8 Å². The number of aromatic nitrogens is 2. The van der Waals surface area contributed by atoms with Gasteiger partial charge in [0, 0.05) is 18.5 Å². The Bertz CT molecular complexity index is 654. The van der Waals surface area contributed by atoms with Gasteiger partial charge in [0.2, 0.25) is 0 Å². The molecule has 110 valence electrons. The third kappa shape index (κ3) is 3.02. The highest BCUT2D eigenvalue weighted by atomic mass is 127. The van der Waals surface area contributed by atoms with Crippen molar-refractivity contribution >= 4 is 28.4 Å². The molecule has 21 heavy (non-hydrogen) atoms. The third-order valence-corrected chi connectivity index (χ3v) is 5.00. The van der Waals surface area contributed by atoms with Gasteiger partial charge in [0.15, 0.2) is 5.82 Å². The number of nitrogens with one attached hydrogen (secondary N) is 1. The summed E-state index contributed by atoms with van der Waals surface area (Å²) in [5.74, 6) is 1.66. The lowest BCUT2D eigenvalue weighted by molar-refractivity contribution is 0.628. The van der Waals surface area contributed by atoms with Crippen LogP contribution in [0.2, 0.25) is 0 Å². The Hall–Kier alpha value is -1.24. The molecule has 0 spiro atoms. The molecule has 3 nitrogen and oxygen atoms in total. The molecule has 5 heteroatoms. The molecule has 2 aromatic rings. The minimum absolute atomic E-state index is 0.261. The smallest absolute Gasteiger partial charge is 0.161 e. The van der Waals surface area contributed by atoms with Crippen molar-refractivity contribution in [3.63, 3.8) is 0 Å². The Morgan fingerprint density at radius 3 is 2.67 bits per heavy atom. The van der Waals surface area contributed by atoms with Crippen LogP contribution in [-0.4, -0.2) is 17.0 Å². The van der Waals surface area contributed by atoms with Crippen LogP contribution in [0.5, 0.6) is 0 Å². The first-order valence-electron chi connectivity index (χ1n) is 7.20. The highest BCUT2D eigenvalue weighted by molar-refractivity contribution is 14.1. The van der Waals surface area contributed by atoms with Crippen LogP contribution in [0, 0.1) is 9.39 Å². The Labute approximate surface area is 137 Å². The maximum atomic E-state index is 13.4. The number of hydrogen-bond acceptors (Lipinski definition) is 3. The van der Waals surface area contributed by atoms with Gasteiger partial charge in [-0.3, -0.25) is 0 Å². The van der Waals surface area contributed by atoms with Gasteiger partial charge >= 0.3 is 0 Å². The minimum atomic E-state index is -0.261. The van der Waals surface area contributed by atoms with E-state index in [-0.39, 0.29) is 5.82 Å². The number of hydrogen-bond donors (Lipinski definition) is 1. The van der Waals surface area contributed by atoms with Gasteiger partial charge in [-0.25, -0.2) is 14.4 Å². The number of anilines is 1. The quantitative estimate of drug-likeness (QED) is 0.771. The van der Waals surface area contributed by atoms with Crippen LogP contribution in [0.25, 0.3) is 11.4 Å². The first-order valence-corrected chi connectivity index (χ1v) is 8.28. The fourth-order valence-electron chi connectivity index (χ4n) is 2.86. The monoisotopic (exact) mass is 397 g/mol. The minimum Gasteiger partial charge on any atom is -0.372 e. The van der Waals surface area contributed by atoms with Crippen LogP contribution < -0.4 is 5.32 Å². The van der Waals surface area contributed by atoms with Crippen LogP contribution in [0.15, 0.2) is 24.3 Å². The standard InChI is InChI=1S/C16H17FIN3/c1-19-16-13(18)14(10-5-2-3-6-10)20-15(21-16)11-7-4-8-12(17)9-11/h4,7-10H,2-3,5-6H2,1H3,(H,19,20,21). The Morgan fingerprint density at radius 1 is 1.24 bits per heavy atom. The second kappa shape index (κ2) is 6.25. The van der Waals surface area contributed by atoms with Gasteiger partial charge in [-0.1, -0.05) is 25.0 Å². The fourth-order valence-corrected chi connectivity index (χ4v) is 3.81. The molecule has 1 N–H and O–H groups in total. The Kier molecular flexibility index (Phi) is 4.37. The molecular formula is C16H17FIN3. The second-order valence-electron chi connectivity index (χ2n) is 5.34. The summed E-state index contributed by atoms with van der Waals surface area (Å²) in [6.07, 6.45) is 4.88. The summed E-state index contributed by atoms with van der Waals surface area (Å²) >= 11 is 2.31. The summed E-state index contributed by atoms with van der Waals surface area (Å²) in [6, 6.07) is 6.47. The summed E-state index contributed by atoms with van der Waals surface area (Å²) in [5.41, 5.74) is 1.83. The van der Waals surface area contributed by atoms with Crippen molar-refractivity contribution in [3.05, 3.63) is 39.3 Å².